The van der Waals surface area contributed by atoms with Crippen LogP contribution in [-0.2, 0) is 14.3 Å². The van der Waals surface area contributed by atoms with Crippen molar-refractivity contribution in [2.24, 2.45) is 34.5 Å². The summed E-state index contributed by atoms with van der Waals surface area (Å²) in [5.41, 5.74) is 0.280. The number of hydrogen-bond acceptors (Lipinski definition) is 3. The van der Waals surface area contributed by atoms with Gasteiger partial charge in [0.2, 0.25) is 0 Å². The molecule has 0 spiro atoms. The molecule has 3 nitrogen and oxygen atoms in total. The third-order valence-electron chi connectivity index (χ3n) is 8.65. The number of fused-ring (bicyclic) bond motifs is 5. The molecule has 0 aliphatic heterocycles. The molecule has 0 aromatic rings. The fourth-order valence-electron chi connectivity index (χ4n) is 7.31. The molecule has 4 aliphatic carbocycles. The van der Waals surface area contributed by atoms with Crippen LogP contribution in [0.1, 0.15) is 72.1 Å². The summed E-state index contributed by atoms with van der Waals surface area (Å²) in [6.07, 6.45) is 9.15. The van der Waals surface area contributed by atoms with Gasteiger partial charge in [0.15, 0.2) is 5.78 Å². The normalized spacial score (nSPS) is 52.1. The van der Waals surface area contributed by atoms with Crippen LogP contribution in [0, 0.1) is 34.5 Å². The highest BCUT2D eigenvalue weighted by Gasteiger charge is 2.62. The Hall–Kier alpha value is -0.380. The quantitative estimate of drug-likeness (QED) is 0.455. The van der Waals surface area contributed by atoms with Gasteiger partial charge in [-0.15, -0.1) is 0 Å². The van der Waals surface area contributed by atoms with Crippen LogP contribution in [0.3, 0.4) is 0 Å². The minimum Gasteiger partial charge on any atom is -0.463 e. The van der Waals surface area contributed by atoms with Crippen molar-refractivity contribution >= 4 is 27.7 Å². The van der Waals surface area contributed by atoms with E-state index in [4.69, 9.17) is 4.74 Å². The average Bonchev–Trinajstić information content (AvgIpc) is 2.78. The van der Waals surface area contributed by atoms with E-state index in [1.165, 1.54) is 32.6 Å². The molecular weight excluding hydrogens is 380 g/mol. The first-order valence-electron chi connectivity index (χ1n) is 10.1. The summed E-state index contributed by atoms with van der Waals surface area (Å²) < 4.78 is 5.54. The van der Waals surface area contributed by atoms with Crippen molar-refractivity contribution in [3.05, 3.63) is 0 Å². The van der Waals surface area contributed by atoms with Crippen LogP contribution in [0.25, 0.3) is 0 Å². The third kappa shape index (κ3) is 2.64. The molecule has 4 saturated carbocycles. The molecule has 0 amide bonds. The van der Waals surface area contributed by atoms with Gasteiger partial charge in [-0.2, -0.15) is 0 Å². The molecule has 0 saturated heterocycles. The Balaban J connectivity index is 1.55. The van der Waals surface area contributed by atoms with E-state index in [2.05, 4.69) is 29.8 Å². The van der Waals surface area contributed by atoms with Crippen LogP contribution in [0.4, 0.5) is 0 Å². The first-order valence-corrected chi connectivity index (χ1v) is 11.0. The fraction of sp³-hybridized carbons (Fsp3) is 0.905. The van der Waals surface area contributed by atoms with Crippen molar-refractivity contribution in [1.82, 2.24) is 0 Å². The zero-order valence-electron chi connectivity index (χ0n) is 15.7. The molecule has 0 heterocycles. The van der Waals surface area contributed by atoms with E-state index < -0.39 is 0 Å². The van der Waals surface area contributed by atoms with Gasteiger partial charge >= 0.3 is 5.97 Å². The van der Waals surface area contributed by atoms with E-state index in [-0.39, 0.29) is 22.3 Å². The molecule has 4 aliphatic rings. The average molecular weight is 411 g/mol. The van der Waals surface area contributed by atoms with Gasteiger partial charge in [0.05, 0.1) is 4.83 Å². The summed E-state index contributed by atoms with van der Waals surface area (Å²) in [7, 11) is 0. The lowest BCUT2D eigenvalue weighted by Crippen LogP contribution is -2.54. The topological polar surface area (TPSA) is 43.4 Å². The van der Waals surface area contributed by atoms with Crippen molar-refractivity contribution in [2.45, 2.75) is 83.1 Å². The Labute approximate surface area is 159 Å². The maximum atomic E-state index is 12.7. The number of Topliss-reactive ketones (excluding diaryl/α,β-unsaturated/α-hetero) is 1. The van der Waals surface area contributed by atoms with Crippen molar-refractivity contribution in [3.63, 3.8) is 0 Å². The Morgan fingerprint density at radius 2 is 1.84 bits per heavy atom. The highest BCUT2D eigenvalue weighted by atomic mass is 79.9. The van der Waals surface area contributed by atoms with E-state index in [0.29, 0.717) is 29.0 Å². The van der Waals surface area contributed by atoms with Crippen LogP contribution >= 0.6 is 15.9 Å². The van der Waals surface area contributed by atoms with Crippen LogP contribution < -0.4 is 0 Å². The van der Waals surface area contributed by atoms with Crippen molar-refractivity contribution < 1.29 is 14.3 Å². The van der Waals surface area contributed by atoms with Gasteiger partial charge in [-0.05, 0) is 80.5 Å². The number of ketones is 1. The second kappa shape index (κ2) is 6.07. The molecule has 0 bridgehead atoms. The van der Waals surface area contributed by atoms with Crippen LogP contribution in [-0.4, -0.2) is 22.7 Å². The predicted octanol–water partition coefficient (Wildman–Crippen LogP) is 4.90. The first kappa shape index (κ1) is 18.0. The highest BCUT2D eigenvalue weighted by Crippen LogP contribution is 2.66. The SMILES string of the molecule is CC(=O)O[C@@H]1CC[C@@]2(C)[C@@H](CC[C@@H]3[C@@H]2CC[C@]2(C)C(=O)C(Br)C[C@@H]32)C1. The zero-order valence-corrected chi connectivity index (χ0v) is 17.3. The van der Waals surface area contributed by atoms with Gasteiger partial charge in [0, 0.05) is 12.3 Å². The lowest BCUT2D eigenvalue weighted by atomic mass is 9.45. The maximum absolute atomic E-state index is 12.7. The molecule has 4 heteroatoms. The molecule has 4 rings (SSSR count). The molecule has 8 atom stereocenters. The number of carbonyl (C=O) groups is 2. The lowest BCUT2D eigenvalue weighted by molar-refractivity contribution is -0.160. The predicted molar refractivity (Wildman–Crippen MR) is 100 cm³/mol. The molecule has 25 heavy (non-hydrogen) atoms. The van der Waals surface area contributed by atoms with Gasteiger partial charge in [0.25, 0.3) is 0 Å². The van der Waals surface area contributed by atoms with Gasteiger partial charge in [-0.25, -0.2) is 0 Å². The zero-order chi connectivity index (χ0) is 18.0. The van der Waals surface area contributed by atoms with Crippen molar-refractivity contribution in [3.8, 4) is 0 Å². The Morgan fingerprint density at radius 1 is 1.08 bits per heavy atom. The summed E-state index contributed by atoms with van der Waals surface area (Å²) in [6.45, 7) is 6.27. The van der Waals surface area contributed by atoms with E-state index in [1.54, 1.807) is 0 Å². The molecule has 0 aromatic carbocycles. The van der Waals surface area contributed by atoms with Gasteiger partial charge in [0.1, 0.15) is 6.10 Å². The van der Waals surface area contributed by atoms with E-state index in [1.807, 2.05) is 0 Å². The molecular formula is C21H31BrO3. The lowest BCUT2D eigenvalue weighted by Gasteiger charge is -2.60. The summed E-state index contributed by atoms with van der Waals surface area (Å²) in [5.74, 6) is 3.01. The monoisotopic (exact) mass is 410 g/mol. The number of rotatable bonds is 1. The van der Waals surface area contributed by atoms with Gasteiger partial charge in [-0.1, -0.05) is 29.8 Å². The third-order valence-corrected chi connectivity index (χ3v) is 9.44. The summed E-state index contributed by atoms with van der Waals surface area (Å²) in [4.78, 5) is 24.2. The van der Waals surface area contributed by atoms with Crippen LogP contribution in [0.5, 0.6) is 0 Å². The van der Waals surface area contributed by atoms with Crippen LogP contribution in [0.2, 0.25) is 0 Å². The summed E-state index contributed by atoms with van der Waals surface area (Å²) in [6, 6.07) is 0. The van der Waals surface area contributed by atoms with Gasteiger partial charge < -0.3 is 4.74 Å². The second-order valence-corrected chi connectivity index (χ2v) is 10.8. The number of halogens is 1. The molecule has 4 fully saturated rings. The number of ether oxygens (including phenoxy) is 1. The molecule has 0 radical (unpaired) electrons. The van der Waals surface area contributed by atoms with Crippen LogP contribution in [0.15, 0.2) is 0 Å². The summed E-state index contributed by atoms with van der Waals surface area (Å²) in [5, 5.41) is 0. The minimum atomic E-state index is -0.136. The Morgan fingerprint density at radius 3 is 2.56 bits per heavy atom. The largest absolute Gasteiger partial charge is 0.463 e. The second-order valence-electron chi connectivity index (χ2n) is 9.69. The van der Waals surface area contributed by atoms with E-state index >= 15 is 0 Å². The number of esters is 1. The summed E-state index contributed by atoms with van der Waals surface area (Å²) >= 11 is 3.66. The Kier molecular flexibility index (Phi) is 4.37. The smallest absolute Gasteiger partial charge is 0.302 e. The van der Waals surface area contributed by atoms with Crippen molar-refractivity contribution in [2.75, 3.05) is 0 Å². The fourth-order valence-corrected chi connectivity index (χ4v) is 8.23. The highest BCUT2D eigenvalue weighted by molar-refractivity contribution is 9.10. The standard InChI is InChI=1S/C21H31BrO3/c1-12(23)25-14-6-8-20(2)13(10-14)4-5-15-16(20)7-9-21(3)17(15)11-18(22)19(21)24/h13-18H,4-11H2,1-3H3/t13-,14+,15+,16-,17-,18?,20-,21-/m0/s1. The molecule has 140 valence electrons. The molecule has 0 N–H and O–H groups in total. The van der Waals surface area contributed by atoms with E-state index in [9.17, 15) is 9.59 Å². The van der Waals surface area contributed by atoms with E-state index in [0.717, 1.165) is 31.6 Å². The number of hydrogen-bond donors (Lipinski definition) is 0. The van der Waals surface area contributed by atoms with Crippen molar-refractivity contribution in [1.29, 1.82) is 0 Å². The Bertz CT molecular complexity index is 590. The first-order chi connectivity index (χ1) is 11.8. The molecule has 0 aromatic heterocycles. The number of carbonyl (C=O) groups excluding carboxylic acids is 2. The minimum absolute atomic E-state index is 0.0754. The molecule has 1 unspecified atom stereocenters. The van der Waals surface area contributed by atoms with Gasteiger partial charge in [-0.3, -0.25) is 9.59 Å². The number of alkyl halides is 1. The maximum Gasteiger partial charge on any atom is 0.302 e.